The van der Waals surface area contributed by atoms with Crippen molar-refractivity contribution in [1.82, 2.24) is 4.90 Å². The molecule has 1 saturated heterocycles. The number of benzene rings is 1. The molecule has 4 heteroatoms. The normalized spacial score (nSPS) is 18.1. The summed E-state index contributed by atoms with van der Waals surface area (Å²) >= 11 is 0. The van der Waals surface area contributed by atoms with Gasteiger partial charge in [0.25, 0.3) is 0 Å². The van der Waals surface area contributed by atoms with Gasteiger partial charge in [-0.1, -0.05) is 44.2 Å². The standard InChI is InChI=1S/C16H24N2O2/c1-16(2,13-17-10-6-7-11-17)15(12-18(19)20)14-8-4-3-5-9-14/h3-5,8-9,15H,6-7,10-13H2,1-2H3. The third kappa shape index (κ3) is 3.79. The van der Waals surface area contributed by atoms with Crippen molar-refractivity contribution in [3.8, 4) is 0 Å². The molecule has 1 heterocycles. The van der Waals surface area contributed by atoms with Crippen LogP contribution in [0.2, 0.25) is 0 Å². The van der Waals surface area contributed by atoms with Crippen molar-refractivity contribution < 1.29 is 4.92 Å². The van der Waals surface area contributed by atoms with Crippen LogP contribution in [0.25, 0.3) is 0 Å². The van der Waals surface area contributed by atoms with E-state index < -0.39 is 0 Å². The zero-order chi connectivity index (χ0) is 14.6. The van der Waals surface area contributed by atoms with Crippen molar-refractivity contribution in [2.75, 3.05) is 26.2 Å². The van der Waals surface area contributed by atoms with Crippen molar-refractivity contribution in [3.63, 3.8) is 0 Å². The molecule has 0 spiro atoms. The van der Waals surface area contributed by atoms with Gasteiger partial charge in [-0.2, -0.15) is 0 Å². The van der Waals surface area contributed by atoms with Crippen molar-refractivity contribution in [2.45, 2.75) is 32.6 Å². The molecular weight excluding hydrogens is 252 g/mol. The predicted molar refractivity (Wildman–Crippen MR) is 80.5 cm³/mol. The Morgan fingerprint density at radius 2 is 1.85 bits per heavy atom. The van der Waals surface area contributed by atoms with E-state index in [9.17, 15) is 10.1 Å². The van der Waals surface area contributed by atoms with Crippen LogP contribution >= 0.6 is 0 Å². The fraction of sp³-hybridized carbons (Fsp3) is 0.625. The number of hydrogen-bond acceptors (Lipinski definition) is 3. The van der Waals surface area contributed by atoms with Crippen molar-refractivity contribution in [1.29, 1.82) is 0 Å². The molecule has 1 aliphatic heterocycles. The molecule has 1 aromatic carbocycles. The molecule has 1 atom stereocenters. The van der Waals surface area contributed by atoms with Crippen molar-refractivity contribution >= 4 is 0 Å². The van der Waals surface area contributed by atoms with E-state index in [1.54, 1.807) is 0 Å². The van der Waals surface area contributed by atoms with Crippen molar-refractivity contribution in [3.05, 3.63) is 46.0 Å². The van der Waals surface area contributed by atoms with E-state index in [2.05, 4.69) is 18.7 Å². The molecule has 0 saturated carbocycles. The molecule has 1 aliphatic rings. The maximum Gasteiger partial charge on any atom is 0.211 e. The number of likely N-dealkylation sites (tertiary alicyclic amines) is 1. The smallest absolute Gasteiger partial charge is 0.211 e. The summed E-state index contributed by atoms with van der Waals surface area (Å²) in [6.07, 6.45) is 2.50. The summed E-state index contributed by atoms with van der Waals surface area (Å²) in [5.41, 5.74) is 0.979. The van der Waals surface area contributed by atoms with Gasteiger partial charge in [0.1, 0.15) is 0 Å². The summed E-state index contributed by atoms with van der Waals surface area (Å²) in [6, 6.07) is 9.92. The van der Waals surface area contributed by atoms with Gasteiger partial charge in [0.05, 0.1) is 5.92 Å². The summed E-state index contributed by atoms with van der Waals surface area (Å²) < 4.78 is 0. The van der Waals surface area contributed by atoms with Gasteiger partial charge in [0.15, 0.2) is 0 Å². The van der Waals surface area contributed by atoms with Gasteiger partial charge in [-0.05, 0) is 36.9 Å². The first-order valence-corrected chi connectivity index (χ1v) is 7.38. The van der Waals surface area contributed by atoms with Crippen LogP contribution in [-0.4, -0.2) is 36.0 Å². The van der Waals surface area contributed by atoms with Crippen LogP contribution in [0.4, 0.5) is 0 Å². The molecule has 0 aromatic heterocycles. The third-order valence-corrected chi connectivity index (χ3v) is 4.31. The maximum atomic E-state index is 11.1. The quantitative estimate of drug-likeness (QED) is 0.592. The first kappa shape index (κ1) is 15.0. The number of nitrogens with zero attached hydrogens (tertiary/aromatic N) is 2. The van der Waals surface area contributed by atoms with E-state index in [4.69, 9.17) is 0 Å². The molecule has 1 unspecified atom stereocenters. The number of hydrogen-bond donors (Lipinski definition) is 0. The van der Waals surface area contributed by atoms with Gasteiger partial charge >= 0.3 is 0 Å². The fourth-order valence-corrected chi connectivity index (χ4v) is 3.27. The lowest BCUT2D eigenvalue weighted by Gasteiger charge is -2.35. The van der Waals surface area contributed by atoms with E-state index in [-0.39, 0.29) is 22.8 Å². The maximum absolute atomic E-state index is 11.1. The Morgan fingerprint density at radius 3 is 2.40 bits per heavy atom. The topological polar surface area (TPSA) is 46.4 Å². The highest BCUT2D eigenvalue weighted by atomic mass is 16.6. The van der Waals surface area contributed by atoms with Gasteiger partial charge in [-0.15, -0.1) is 0 Å². The first-order chi connectivity index (χ1) is 9.49. The Kier molecular flexibility index (Phi) is 4.76. The molecule has 0 amide bonds. The zero-order valence-corrected chi connectivity index (χ0v) is 12.4. The minimum absolute atomic E-state index is 0.00481. The lowest BCUT2D eigenvalue weighted by molar-refractivity contribution is -0.486. The van der Waals surface area contributed by atoms with E-state index in [1.807, 2.05) is 30.3 Å². The average molecular weight is 276 g/mol. The SMILES string of the molecule is CC(C)(CN1CCCC1)C(C[N+](=O)[O-])c1ccccc1. The van der Waals surface area contributed by atoms with Crippen LogP contribution in [0, 0.1) is 15.5 Å². The second kappa shape index (κ2) is 6.35. The van der Waals surface area contributed by atoms with Crippen LogP contribution in [-0.2, 0) is 0 Å². The third-order valence-electron chi connectivity index (χ3n) is 4.31. The summed E-state index contributed by atoms with van der Waals surface area (Å²) in [4.78, 5) is 13.3. The molecule has 0 aliphatic carbocycles. The number of rotatable bonds is 6. The Balaban J connectivity index is 2.17. The molecule has 0 bridgehead atoms. The van der Waals surface area contributed by atoms with Gasteiger partial charge in [-0.25, -0.2) is 0 Å². The molecule has 1 fully saturated rings. The monoisotopic (exact) mass is 276 g/mol. The minimum Gasteiger partial charge on any atom is -0.303 e. The average Bonchev–Trinajstić information content (AvgIpc) is 2.88. The molecule has 0 radical (unpaired) electrons. The summed E-state index contributed by atoms with van der Waals surface area (Å²) in [5.74, 6) is -0.0423. The second-order valence-electron chi connectivity index (χ2n) is 6.45. The van der Waals surface area contributed by atoms with E-state index in [1.165, 1.54) is 12.8 Å². The largest absolute Gasteiger partial charge is 0.303 e. The van der Waals surface area contributed by atoms with Crippen LogP contribution in [0.5, 0.6) is 0 Å². The zero-order valence-electron chi connectivity index (χ0n) is 12.4. The first-order valence-electron chi connectivity index (χ1n) is 7.38. The summed E-state index contributed by atoms with van der Waals surface area (Å²) in [5, 5.41) is 11.1. The van der Waals surface area contributed by atoms with Gasteiger partial charge in [0.2, 0.25) is 6.54 Å². The molecule has 2 rings (SSSR count). The Bertz CT molecular complexity index is 439. The second-order valence-corrected chi connectivity index (χ2v) is 6.45. The lowest BCUT2D eigenvalue weighted by Crippen LogP contribution is -2.39. The fourth-order valence-electron chi connectivity index (χ4n) is 3.27. The number of nitro groups is 1. The van der Waals surface area contributed by atoms with Gasteiger partial charge in [-0.3, -0.25) is 10.1 Å². The van der Waals surface area contributed by atoms with Crippen LogP contribution < -0.4 is 0 Å². The van der Waals surface area contributed by atoms with E-state index in [0.717, 1.165) is 25.2 Å². The molecule has 0 N–H and O–H groups in total. The minimum atomic E-state index is -0.177. The predicted octanol–water partition coefficient (Wildman–Crippen LogP) is 3.17. The van der Waals surface area contributed by atoms with Crippen LogP contribution in [0.3, 0.4) is 0 Å². The van der Waals surface area contributed by atoms with E-state index >= 15 is 0 Å². The Labute approximate surface area is 120 Å². The van der Waals surface area contributed by atoms with E-state index in [0.29, 0.717) is 0 Å². The highest BCUT2D eigenvalue weighted by Crippen LogP contribution is 2.37. The summed E-state index contributed by atoms with van der Waals surface area (Å²) in [6.45, 7) is 7.51. The van der Waals surface area contributed by atoms with Gasteiger partial charge in [0, 0.05) is 11.5 Å². The molecule has 4 nitrogen and oxygen atoms in total. The Morgan fingerprint density at radius 1 is 1.25 bits per heavy atom. The highest BCUT2D eigenvalue weighted by Gasteiger charge is 2.36. The molecule has 20 heavy (non-hydrogen) atoms. The molecule has 1 aromatic rings. The molecule has 110 valence electrons. The Hall–Kier alpha value is -1.42. The van der Waals surface area contributed by atoms with Crippen LogP contribution in [0.15, 0.2) is 30.3 Å². The summed E-state index contributed by atoms with van der Waals surface area (Å²) in [7, 11) is 0. The van der Waals surface area contributed by atoms with Crippen LogP contribution in [0.1, 0.15) is 38.2 Å². The lowest BCUT2D eigenvalue weighted by atomic mass is 9.74. The molecular formula is C16H24N2O2. The highest BCUT2D eigenvalue weighted by molar-refractivity contribution is 5.22. The van der Waals surface area contributed by atoms with Gasteiger partial charge < -0.3 is 4.90 Å². The van der Waals surface area contributed by atoms with Crippen molar-refractivity contribution in [2.24, 2.45) is 5.41 Å².